The molecular weight excluding hydrogens is 289 g/mol. The number of rotatable bonds is 2. The van der Waals surface area contributed by atoms with E-state index in [1.54, 1.807) is 11.9 Å². The maximum absolute atomic E-state index is 13.8. The number of amides is 1. The van der Waals surface area contributed by atoms with Crippen molar-refractivity contribution in [3.8, 4) is 0 Å². The lowest BCUT2D eigenvalue weighted by molar-refractivity contribution is -0.121. The van der Waals surface area contributed by atoms with E-state index in [-0.39, 0.29) is 17.8 Å². The molecule has 1 aliphatic heterocycles. The summed E-state index contributed by atoms with van der Waals surface area (Å²) in [4.78, 5) is 17.4. The predicted octanol–water partition coefficient (Wildman–Crippen LogP) is 1.70. The molecule has 1 unspecified atom stereocenters. The third kappa shape index (κ3) is 2.41. The molecule has 2 rings (SSSR count). The third-order valence-electron chi connectivity index (χ3n) is 2.86. The molecule has 1 amide bonds. The zero-order valence-corrected chi connectivity index (χ0v) is 11.0. The highest BCUT2D eigenvalue weighted by atomic mass is 79.9. The van der Waals surface area contributed by atoms with Gasteiger partial charge >= 0.3 is 0 Å². The van der Waals surface area contributed by atoms with E-state index in [4.69, 9.17) is 0 Å². The van der Waals surface area contributed by atoms with Crippen LogP contribution in [0.15, 0.2) is 16.7 Å². The van der Waals surface area contributed by atoms with Crippen molar-refractivity contribution in [1.82, 2.24) is 10.3 Å². The Hall–Kier alpha value is -1.17. The Morgan fingerprint density at radius 1 is 1.71 bits per heavy atom. The van der Waals surface area contributed by atoms with Crippen LogP contribution in [0.2, 0.25) is 0 Å². The molecule has 4 nitrogen and oxygen atoms in total. The lowest BCUT2D eigenvalue weighted by Crippen LogP contribution is -2.42. The fourth-order valence-corrected chi connectivity index (χ4v) is 2.38. The Morgan fingerprint density at radius 2 is 2.47 bits per heavy atom. The summed E-state index contributed by atoms with van der Waals surface area (Å²) in [5.41, 5.74) is 0. The topological polar surface area (TPSA) is 45.2 Å². The van der Waals surface area contributed by atoms with Crippen molar-refractivity contribution >= 4 is 27.7 Å². The van der Waals surface area contributed by atoms with Crippen LogP contribution in [0.4, 0.5) is 10.2 Å². The van der Waals surface area contributed by atoms with Gasteiger partial charge in [0.2, 0.25) is 5.91 Å². The molecule has 1 aromatic rings. The minimum absolute atomic E-state index is 0.0911. The first-order valence-electron chi connectivity index (χ1n) is 5.42. The van der Waals surface area contributed by atoms with E-state index in [0.717, 1.165) is 12.8 Å². The first kappa shape index (κ1) is 12.3. The molecular formula is C11H13BrFN3O. The van der Waals surface area contributed by atoms with E-state index in [1.165, 1.54) is 12.3 Å². The molecule has 1 saturated heterocycles. The summed E-state index contributed by atoms with van der Waals surface area (Å²) in [5, 5.41) is 2.60. The smallest absolute Gasteiger partial charge is 0.242 e. The van der Waals surface area contributed by atoms with Gasteiger partial charge in [-0.15, -0.1) is 0 Å². The summed E-state index contributed by atoms with van der Waals surface area (Å²) >= 11 is 3.16. The van der Waals surface area contributed by atoms with Crippen molar-refractivity contribution in [2.24, 2.45) is 0 Å². The summed E-state index contributed by atoms with van der Waals surface area (Å²) in [6.45, 7) is 0.656. The molecule has 1 aliphatic rings. The maximum atomic E-state index is 13.8. The standard InChI is InChI=1S/C11H13BrFN3O/c1-14-11(17)9-3-2-4-16(9)10-8(13)5-7(12)6-15-10/h5-6,9H,2-4H2,1H3,(H,14,17). The van der Waals surface area contributed by atoms with Crippen LogP contribution in [0, 0.1) is 5.82 Å². The van der Waals surface area contributed by atoms with Crippen molar-refractivity contribution in [2.75, 3.05) is 18.5 Å². The zero-order valence-electron chi connectivity index (χ0n) is 9.41. The van der Waals surface area contributed by atoms with E-state index < -0.39 is 5.82 Å². The van der Waals surface area contributed by atoms with E-state index in [1.807, 2.05) is 0 Å². The van der Waals surface area contributed by atoms with E-state index >= 15 is 0 Å². The van der Waals surface area contributed by atoms with Gasteiger partial charge in [-0.25, -0.2) is 9.37 Å². The monoisotopic (exact) mass is 301 g/mol. The quantitative estimate of drug-likeness (QED) is 0.904. The number of likely N-dealkylation sites (N-methyl/N-ethyl adjacent to an activating group) is 1. The zero-order chi connectivity index (χ0) is 12.4. The second kappa shape index (κ2) is 5.00. The largest absolute Gasteiger partial charge is 0.357 e. The molecule has 0 saturated carbocycles. The van der Waals surface area contributed by atoms with Gasteiger partial charge in [0.05, 0.1) is 0 Å². The van der Waals surface area contributed by atoms with Gasteiger partial charge in [0.25, 0.3) is 0 Å². The molecule has 1 N–H and O–H groups in total. The van der Waals surface area contributed by atoms with Crippen molar-refractivity contribution in [2.45, 2.75) is 18.9 Å². The molecule has 17 heavy (non-hydrogen) atoms. The first-order chi connectivity index (χ1) is 8.13. The van der Waals surface area contributed by atoms with Crippen molar-refractivity contribution in [1.29, 1.82) is 0 Å². The molecule has 6 heteroatoms. The molecule has 92 valence electrons. The highest BCUT2D eigenvalue weighted by molar-refractivity contribution is 9.10. The van der Waals surface area contributed by atoms with Crippen LogP contribution in [-0.2, 0) is 4.79 Å². The third-order valence-corrected chi connectivity index (χ3v) is 3.30. The molecule has 1 fully saturated rings. The van der Waals surface area contributed by atoms with Crippen LogP contribution in [0.5, 0.6) is 0 Å². The highest BCUT2D eigenvalue weighted by Crippen LogP contribution is 2.27. The average Bonchev–Trinajstić information content (AvgIpc) is 2.77. The summed E-state index contributed by atoms with van der Waals surface area (Å²) in [6.07, 6.45) is 3.14. The number of halogens is 2. The second-order valence-electron chi connectivity index (χ2n) is 3.92. The molecule has 0 spiro atoms. The molecule has 0 aromatic carbocycles. The normalized spacial score (nSPS) is 19.5. The highest BCUT2D eigenvalue weighted by Gasteiger charge is 2.32. The lowest BCUT2D eigenvalue weighted by Gasteiger charge is -2.24. The van der Waals surface area contributed by atoms with Crippen LogP contribution in [0.3, 0.4) is 0 Å². The van der Waals surface area contributed by atoms with Crippen LogP contribution in [0.25, 0.3) is 0 Å². The SMILES string of the molecule is CNC(=O)C1CCCN1c1ncc(Br)cc1F. The van der Waals surface area contributed by atoms with Gasteiger partial charge in [-0.1, -0.05) is 0 Å². The summed E-state index contributed by atoms with van der Waals surface area (Å²) < 4.78 is 14.4. The van der Waals surface area contributed by atoms with E-state index in [2.05, 4.69) is 26.2 Å². The van der Waals surface area contributed by atoms with Crippen LogP contribution in [0.1, 0.15) is 12.8 Å². The predicted molar refractivity (Wildman–Crippen MR) is 66.3 cm³/mol. The fourth-order valence-electron chi connectivity index (χ4n) is 2.08. The number of aromatic nitrogens is 1. The number of hydrogen-bond donors (Lipinski definition) is 1. The number of anilines is 1. The van der Waals surface area contributed by atoms with E-state index in [0.29, 0.717) is 11.0 Å². The van der Waals surface area contributed by atoms with Gasteiger partial charge in [-0.2, -0.15) is 0 Å². The Balaban J connectivity index is 2.29. The Kier molecular flexibility index (Phi) is 3.61. The number of carbonyl (C=O) groups excluding carboxylic acids is 1. The minimum Gasteiger partial charge on any atom is -0.357 e. The van der Waals surface area contributed by atoms with Crippen molar-refractivity contribution in [3.63, 3.8) is 0 Å². The summed E-state index contributed by atoms with van der Waals surface area (Å²) in [6, 6.07) is 1.05. The fraction of sp³-hybridized carbons (Fsp3) is 0.455. The Morgan fingerprint density at radius 3 is 3.12 bits per heavy atom. The van der Waals surface area contributed by atoms with Crippen LogP contribution in [-0.4, -0.2) is 30.5 Å². The Labute approximate surface area is 107 Å². The minimum atomic E-state index is -0.407. The van der Waals surface area contributed by atoms with Gasteiger partial charge in [0.1, 0.15) is 6.04 Å². The van der Waals surface area contributed by atoms with Gasteiger partial charge in [0, 0.05) is 24.3 Å². The number of carbonyl (C=O) groups is 1. The molecule has 0 bridgehead atoms. The van der Waals surface area contributed by atoms with Crippen molar-refractivity contribution < 1.29 is 9.18 Å². The lowest BCUT2D eigenvalue weighted by atomic mass is 10.2. The Bertz CT molecular complexity index is 441. The molecule has 1 aromatic heterocycles. The van der Waals surface area contributed by atoms with E-state index in [9.17, 15) is 9.18 Å². The number of nitrogens with zero attached hydrogens (tertiary/aromatic N) is 2. The molecule has 1 atom stereocenters. The maximum Gasteiger partial charge on any atom is 0.242 e. The summed E-state index contributed by atoms with van der Waals surface area (Å²) in [5.74, 6) is -0.249. The van der Waals surface area contributed by atoms with Gasteiger partial charge < -0.3 is 10.2 Å². The summed E-state index contributed by atoms with van der Waals surface area (Å²) in [7, 11) is 1.59. The van der Waals surface area contributed by atoms with Crippen LogP contribution >= 0.6 is 15.9 Å². The van der Waals surface area contributed by atoms with Gasteiger partial charge in [0.15, 0.2) is 11.6 Å². The van der Waals surface area contributed by atoms with Gasteiger partial charge in [-0.3, -0.25) is 4.79 Å². The first-order valence-corrected chi connectivity index (χ1v) is 6.22. The molecule has 0 radical (unpaired) electrons. The number of nitrogens with one attached hydrogen (secondary N) is 1. The number of pyridine rings is 1. The average molecular weight is 302 g/mol. The second-order valence-corrected chi connectivity index (χ2v) is 4.84. The molecule has 0 aliphatic carbocycles. The molecule has 2 heterocycles. The van der Waals surface area contributed by atoms with Crippen LogP contribution < -0.4 is 10.2 Å². The van der Waals surface area contributed by atoms with Crippen molar-refractivity contribution in [3.05, 3.63) is 22.6 Å². The number of hydrogen-bond acceptors (Lipinski definition) is 3. The van der Waals surface area contributed by atoms with Gasteiger partial charge in [-0.05, 0) is 34.8 Å².